The zero-order chi connectivity index (χ0) is 14.5. The lowest BCUT2D eigenvalue weighted by Crippen LogP contribution is -2.00. The number of aliphatic hydroxyl groups is 1. The molecule has 106 valence electrons. The first-order valence-electron chi connectivity index (χ1n) is 6.19. The number of nitrogens with zero attached hydrogens (tertiary/aromatic N) is 1. The number of ether oxygens (including phenoxy) is 2. The largest absolute Gasteiger partial charge is 0.493 e. The van der Waals surface area contributed by atoms with Gasteiger partial charge in [-0.1, -0.05) is 17.7 Å². The van der Waals surface area contributed by atoms with Gasteiger partial charge >= 0.3 is 0 Å². The van der Waals surface area contributed by atoms with E-state index in [1.807, 2.05) is 0 Å². The van der Waals surface area contributed by atoms with E-state index in [0.717, 1.165) is 11.1 Å². The Bertz CT molecular complexity index is 587. The highest BCUT2D eigenvalue weighted by molar-refractivity contribution is 6.31. The number of hydrogen-bond acceptors (Lipinski definition) is 4. The van der Waals surface area contributed by atoms with Crippen molar-refractivity contribution in [2.24, 2.45) is 0 Å². The SMILES string of the molecule is COc1cc([C@H](C)O)ccc1OCc1ccncc1Cl. The van der Waals surface area contributed by atoms with Gasteiger partial charge in [-0.25, -0.2) is 0 Å². The lowest BCUT2D eigenvalue weighted by molar-refractivity contribution is 0.198. The lowest BCUT2D eigenvalue weighted by atomic mass is 10.1. The first kappa shape index (κ1) is 14.6. The smallest absolute Gasteiger partial charge is 0.161 e. The molecule has 5 heteroatoms. The number of halogens is 1. The van der Waals surface area contributed by atoms with Gasteiger partial charge in [-0.05, 0) is 30.7 Å². The number of benzene rings is 1. The van der Waals surface area contributed by atoms with Gasteiger partial charge in [0.15, 0.2) is 11.5 Å². The van der Waals surface area contributed by atoms with Gasteiger partial charge in [0.2, 0.25) is 0 Å². The molecule has 0 amide bonds. The fourth-order valence-corrected chi connectivity index (χ4v) is 1.91. The fraction of sp³-hybridized carbons (Fsp3) is 0.267. The molecule has 1 N–H and O–H groups in total. The molecular formula is C15H16ClNO3. The van der Waals surface area contributed by atoms with E-state index in [4.69, 9.17) is 21.1 Å². The summed E-state index contributed by atoms with van der Waals surface area (Å²) in [6, 6.07) is 7.14. The number of aromatic nitrogens is 1. The minimum atomic E-state index is -0.549. The summed E-state index contributed by atoms with van der Waals surface area (Å²) >= 11 is 6.02. The van der Waals surface area contributed by atoms with Crippen LogP contribution in [0.25, 0.3) is 0 Å². The quantitative estimate of drug-likeness (QED) is 0.918. The van der Waals surface area contributed by atoms with Crippen LogP contribution in [-0.2, 0) is 6.61 Å². The molecule has 0 radical (unpaired) electrons. The summed E-state index contributed by atoms with van der Waals surface area (Å²) in [4.78, 5) is 3.92. The fourth-order valence-electron chi connectivity index (χ4n) is 1.74. The van der Waals surface area contributed by atoms with Crippen molar-refractivity contribution in [1.29, 1.82) is 0 Å². The molecule has 0 unspecified atom stereocenters. The number of hydrogen-bond donors (Lipinski definition) is 1. The summed E-state index contributed by atoms with van der Waals surface area (Å²) in [5, 5.41) is 10.1. The number of pyridine rings is 1. The highest BCUT2D eigenvalue weighted by atomic mass is 35.5. The molecule has 4 nitrogen and oxygen atoms in total. The Morgan fingerprint density at radius 3 is 2.75 bits per heavy atom. The van der Waals surface area contributed by atoms with Crippen molar-refractivity contribution in [1.82, 2.24) is 4.98 Å². The van der Waals surface area contributed by atoms with Crippen LogP contribution < -0.4 is 9.47 Å². The molecule has 1 heterocycles. The van der Waals surface area contributed by atoms with E-state index >= 15 is 0 Å². The van der Waals surface area contributed by atoms with Gasteiger partial charge < -0.3 is 14.6 Å². The summed E-state index contributed by atoms with van der Waals surface area (Å²) in [7, 11) is 1.56. The molecule has 0 saturated heterocycles. The van der Waals surface area contributed by atoms with Crippen LogP contribution in [0.1, 0.15) is 24.2 Å². The molecule has 0 spiro atoms. The first-order chi connectivity index (χ1) is 9.61. The lowest BCUT2D eigenvalue weighted by Gasteiger charge is -2.13. The van der Waals surface area contributed by atoms with E-state index < -0.39 is 6.10 Å². The van der Waals surface area contributed by atoms with Crippen molar-refractivity contribution in [3.8, 4) is 11.5 Å². The molecule has 1 aromatic carbocycles. The van der Waals surface area contributed by atoms with Gasteiger partial charge in [0, 0.05) is 18.0 Å². The highest BCUT2D eigenvalue weighted by Gasteiger charge is 2.09. The van der Waals surface area contributed by atoms with E-state index in [9.17, 15) is 5.11 Å². The predicted octanol–water partition coefficient (Wildman–Crippen LogP) is 3.38. The second kappa shape index (κ2) is 6.59. The van der Waals surface area contributed by atoms with Gasteiger partial charge in [-0.15, -0.1) is 0 Å². The molecule has 0 saturated carbocycles. The third-order valence-electron chi connectivity index (χ3n) is 2.91. The Kier molecular flexibility index (Phi) is 4.82. The van der Waals surface area contributed by atoms with Crippen molar-refractivity contribution in [3.63, 3.8) is 0 Å². The molecule has 2 aromatic rings. The van der Waals surface area contributed by atoms with Gasteiger partial charge in [-0.2, -0.15) is 0 Å². The number of rotatable bonds is 5. The molecule has 0 fully saturated rings. The summed E-state index contributed by atoms with van der Waals surface area (Å²) in [6.45, 7) is 2.03. The average molecular weight is 294 g/mol. The molecule has 0 bridgehead atoms. The van der Waals surface area contributed by atoms with Gasteiger partial charge in [-0.3, -0.25) is 4.98 Å². The van der Waals surface area contributed by atoms with Crippen molar-refractivity contribution < 1.29 is 14.6 Å². The zero-order valence-electron chi connectivity index (χ0n) is 11.3. The monoisotopic (exact) mass is 293 g/mol. The summed E-state index contributed by atoms with van der Waals surface area (Å²) < 4.78 is 11.0. The minimum absolute atomic E-state index is 0.325. The minimum Gasteiger partial charge on any atom is -0.493 e. The van der Waals surface area contributed by atoms with E-state index in [2.05, 4.69) is 4.98 Å². The Labute approximate surface area is 122 Å². The van der Waals surface area contributed by atoms with Crippen LogP contribution >= 0.6 is 11.6 Å². The maximum absolute atomic E-state index is 9.56. The standard InChI is InChI=1S/C15H16ClNO3/c1-10(18)11-3-4-14(15(7-11)19-2)20-9-12-5-6-17-8-13(12)16/h3-8,10,18H,9H2,1-2H3/t10-/m0/s1. The second-order valence-electron chi connectivity index (χ2n) is 4.34. The van der Waals surface area contributed by atoms with Crippen LogP contribution in [0.15, 0.2) is 36.7 Å². The van der Waals surface area contributed by atoms with E-state index in [-0.39, 0.29) is 0 Å². The molecule has 1 aromatic heterocycles. The normalized spacial score (nSPS) is 12.0. The maximum atomic E-state index is 9.56. The van der Waals surface area contributed by atoms with Crippen LogP contribution in [0.5, 0.6) is 11.5 Å². The summed E-state index contributed by atoms with van der Waals surface area (Å²) in [6.07, 6.45) is 2.69. The first-order valence-corrected chi connectivity index (χ1v) is 6.57. The van der Waals surface area contributed by atoms with Crippen molar-refractivity contribution in [3.05, 3.63) is 52.8 Å². The topological polar surface area (TPSA) is 51.6 Å². The highest BCUT2D eigenvalue weighted by Crippen LogP contribution is 2.31. The third-order valence-corrected chi connectivity index (χ3v) is 3.25. The average Bonchev–Trinajstić information content (AvgIpc) is 2.46. The van der Waals surface area contributed by atoms with Gasteiger partial charge in [0.05, 0.1) is 18.2 Å². The number of aliphatic hydroxyl groups excluding tert-OH is 1. The Hall–Kier alpha value is -1.78. The molecule has 20 heavy (non-hydrogen) atoms. The van der Waals surface area contributed by atoms with Crippen molar-refractivity contribution in [2.45, 2.75) is 19.6 Å². The summed E-state index contributed by atoms with van der Waals surface area (Å²) in [5.41, 5.74) is 1.62. The van der Waals surface area contributed by atoms with Crippen LogP contribution in [0.4, 0.5) is 0 Å². The van der Waals surface area contributed by atoms with E-state index in [0.29, 0.717) is 23.1 Å². The third kappa shape index (κ3) is 3.40. The molecule has 0 aliphatic heterocycles. The molecule has 1 atom stereocenters. The Morgan fingerprint density at radius 1 is 1.30 bits per heavy atom. The Balaban J connectivity index is 2.15. The maximum Gasteiger partial charge on any atom is 0.161 e. The molecule has 0 aliphatic rings. The van der Waals surface area contributed by atoms with Gasteiger partial charge in [0.25, 0.3) is 0 Å². The van der Waals surface area contributed by atoms with Gasteiger partial charge in [0.1, 0.15) is 6.61 Å². The second-order valence-corrected chi connectivity index (χ2v) is 4.75. The molecule has 0 aliphatic carbocycles. The van der Waals surface area contributed by atoms with E-state index in [1.54, 1.807) is 50.7 Å². The van der Waals surface area contributed by atoms with Crippen molar-refractivity contribution >= 4 is 11.6 Å². The molecular weight excluding hydrogens is 278 g/mol. The van der Waals surface area contributed by atoms with Crippen LogP contribution in [-0.4, -0.2) is 17.2 Å². The zero-order valence-corrected chi connectivity index (χ0v) is 12.1. The molecule has 2 rings (SSSR count). The van der Waals surface area contributed by atoms with Crippen LogP contribution in [0, 0.1) is 0 Å². The van der Waals surface area contributed by atoms with E-state index in [1.165, 1.54) is 0 Å². The predicted molar refractivity (Wildman–Crippen MR) is 77.2 cm³/mol. The Morgan fingerprint density at radius 2 is 2.10 bits per heavy atom. The number of methoxy groups -OCH3 is 1. The van der Waals surface area contributed by atoms with Crippen molar-refractivity contribution in [2.75, 3.05) is 7.11 Å². The van der Waals surface area contributed by atoms with Crippen LogP contribution in [0.2, 0.25) is 5.02 Å². The van der Waals surface area contributed by atoms with Crippen LogP contribution in [0.3, 0.4) is 0 Å². The summed E-state index contributed by atoms with van der Waals surface area (Å²) in [5.74, 6) is 1.18.